The van der Waals surface area contributed by atoms with Gasteiger partial charge in [-0.1, -0.05) is 0 Å². The molecule has 18 heavy (non-hydrogen) atoms. The lowest BCUT2D eigenvalue weighted by molar-refractivity contribution is 0.109. The topological polar surface area (TPSA) is 34.2 Å². The number of aryl methyl sites for hydroxylation is 1. The van der Waals surface area contributed by atoms with Crippen molar-refractivity contribution in [3.8, 4) is 0 Å². The van der Waals surface area contributed by atoms with Crippen molar-refractivity contribution in [2.45, 2.75) is 26.5 Å². The molecule has 0 aromatic carbocycles. The van der Waals surface area contributed by atoms with Crippen LogP contribution in [-0.4, -0.2) is 11.6 Å². The zero-order valence-electron chi connectivity index (χ0n) is 10.4. The Bertz CT molecular complexity index is 550. The van der Waals surface area contributed by atoms with Gasteiger partial charge in [-0.3, -0.25) is 4.98 Å². The van der Waals surface area contributed by atoms with Crippen LogP contribution in [0.5, 0.6) is 0 Å². The summed E-state index contributed by atoms with van der Waals surface area (Å²) in [7, 11) is 0. The molecule has 2 aromatic heterocycles. The second kappa shape index (κ2) is 5.08. The van der Waals surface area contributed by atoms with E-state index in [9.17, 15) is 0 Å². The maximum Gasteiger partial charge on any atom is 0.0735 e. The lowest BCUT2D eigenvalue weighted by Gasteiger charge is -2.16. The molecular weight excluding hydrogens is 244 g/mol. The number of anilines is 1. The highest BCUT2D eigenvalue weighted by Gasteiger charge is 2.11. The summed E-state index contributed by atoms with van der Waals surface area (Å²) in [5, 5.41) is 5.56. The van der Waals surface area contributed by atoms with E-state index in [0.29, 0.717) is 6.61 Å². The maximum absolute atomic E-state index is 5.45. The molecule has 0 fully saturated rings. The van der Waals surface area contributed by atoms with Crippen LogP contribution in [0.4, 0.5) is 5.69 Å². The molecule has 4 heteroatoms. The average Bonchev–Trinajstić information content (AvgIpc) is 2.82. The minimum absolute atomic E-state index is 0.690. The van der Waals surface area contributed by atoms with Gasteiger partial charge in [-0.25, -0.2) is 0 Å². The third-order valence-electron chi connectivity index (χ3n) is 3.22. The number of rotatable bonds is 3. The minimum Gasteiger partial charge on any atom is -0.379 e. The predicted molar refractivity (Wildman–Crippen MR) is 74.0 cm³/mol. The maximum atomic E-state index is 5.45. The van der Waals surface area contributed by atoms with Gasteiger partial charge < -0.3 is 10.1 Å². The number of thiophene rings is 1. The molecule has 0 saturated carbocycles. The average molecular weight is 260 g/mol. The van der Waals surface area contributed by atoms with Crippen molar-refractivity contribution in [3.63, 3.8) is 0 Å². The molecule has 3 heterocycles. The van der Waals surface area contributed by atoms with Gasteiger partial charge >= 0.3 is 0 Å². The molecule has 3 nitrogen and oxygen atoms in total. The van der Waals surface area contributed by atoms with Crippen LogP contribution in [0.1, 0.15) is 21.7 Å². The van der Waals surface area contributed by atoms with E-state index in [1.165, 1.54) is 21.7 Å². The summed E-state index contributed by atoms with van der Waals surface area (Å²) in [4.78, 5) is 5.88. The van der Waals surface area contributed by atoms with Crippen molar-refractivity contribution in [1.82, 2.24) is 4.98 Å². The second-order valence-corrected chi connectivity index (χ2v) is 5.51. The zero-order valence-corrected chi connectivity index (χ0v) is 11.2. The fraction of sp³-hybridized carbons (Fsp3) is 0.357. The molecule has 0 amide bonds. The van der Waals surface area contributed by atoms with Crippen LogP contribution in [-0.2, 0) is 24.3 Å². The second-order valence-electron chi connectivity index (χ2n) is 4.51. The molecular formula is C14H16N2OS. The molecule has 94 valence electrons. The number of ether oxygens (including phenoxy) is 1. The van der Waals surface area contributed by atoms with E-state index in [-0.39, 0.29) is 0 Å². The van der Waals surface area contributed by atoms with Gasteiger partial charge in [-0.2, -0.15) is 0 Å². The number of hydrogen-bond donors (Lipinski definition) is 1. The van der Waals surface area contributed by atoms with Crippen molar-refractivity contribution < 1.29 is 4.74 Å². The van der Waals surface area contributed by atoms with Gasteiger partial charge in [0, 0.05) is 29.1 Å². The third kappa shape index (κ3) is 2.40. The highest BCUT2D eigenvalue weighted by molar-refractivity contribution is 7.10. The van der Waals surface area contributed by atoms with Crippen molar-refractivity contribution in [1.29, 1.82) is 0 Å². The van der Waals surface area contributed by atoms with E-state index in [2.05, 4.69) is 34.7 Å². The number of fused-ring (bicyclic) bond motifs is 1. The molecule has 0 bridgehead atoms. The van der Waals surface area contributed by atoms with Gasteiger partial charge in [0.2, 0.25) is 0 Å². The van der Waals surface area contributed by atoms with Crippen LogP contribution < -0.4 is 5.32 Å². The first-order valence-corrected chi connectivity index (χ1v) is 7.03. The summed E-state index contributed by atoms with van der Waals surface area (Å²) >= 11 is 1.79. The lowest BCUT2D eigenvalue weighted by atomic mass is 10.1. The zero-order chi connectivity index (χ0) is 12.4. The van der Waals surface area contributed by atoms with Crippen molar-refractivity contribution in [2.24, 2.45) is 0 Å². The molecule has 1 aliphatic rings. The molecule has 0 saturated heterocycles. The largest absolute Gasteiger partial charge is 0.379 e. The van der Waals surface area contributed by atoms with Gasteiger partial charge in [0.25, 0.3) is 0 Å². The van der Waals surface area contributed by atoms with Gasteiger partial charge in [-0.15, -0.1) is 11.3 Å². The summed E-state index contributed by atoms with van der Waals surface area (Å²) in [5.41, 5.74) is 4.82. The number of nitrogens with zero attached hydrogens (tertiary/aromatic N) is 1. The first-order chi connectivity index (χ1) is 8.83. The highest BCUT2D eigenvalue weighted by Crippen LogP contribution is 2.21. The Kier molecular flexibility index (Phi) is 3.30. The standard InChI is InChI=1S/C14H16N2OS/c1-10-3-5-18-14(10)8-15-12-6-11-9-17-4-2-13(11)16-7-12/h3,5-7,15H,2,4,8-9H2,1H3. The van der Waals surface area contributed by atoms with Crippen molar-refractivity contribution >= 4 is 17.0 Å². The Labute approximate surface area is 111 Å². The van der Waals surface area contributed by atoms with E-state index >= 15 is 0 Å². The summed E-state index contributed by atoms with van der Waals surface area (Å²) in [6.07, 6.45) is 2.85. The molecule has 3 rings (SSSR count). The van der Waals surface area contributed by atoms with E-state index < -0.39 is 0 Å². The minimum atomic E-state index is 0.690. The number of pyridine rings is 1. The lowest BCUT2D eigenvalue weighted by Crippen LogP contribution is -2.12. The van der Waals surface area contributed by atoms with Gasteiger partial charge in [0.05, 0.1) is 25.1 Å². The Balaban J connectivity index is 1.71. The summed E-state index contributed by atoms with van der Waals surface area (Å²) in [6, 6.07) is 4.31. The quantitative estimate of drug-likeness (QED) is 0.920. The van der Waals surface area contributed by atoms with Crippen molar-refractivity contribution in [2.75, 3.05) is 11.9 Å². The monoisotopic (exact) mass is 260 g/mol. The first-order valence-electron chi connectivity index (χ1n) is 6.15. The molecule has 2 aromatic rings. The van der Waals surface area contributed by atoms with Crippen LogP contribution in [0, 0.1) is 6.92 Å². The van der Waals surface area contributed by atoms with E-state index in [0.717, 1.165) is 25.3 Å². The van der Waals surface area contributed by atoms with Gasteiger partial charge in [-0.05, 0) is 30.0 Å². The van der Waals surface area contributed by atoms with Crippen LogP contribution in [0.2, 0.25) is 0 Å². The third-order valence-corrected chi connectivity index (χ3v) is 4.24. The Morgan fingerprint density at radius 1 is 1.50 bits per heavy atom. The molecule has 0 radical (unpaired) electrons. The van der Waals surface area contributed by atoms with E-state index in [1.807, 2.05) is 6.20 Å². The molecule has 0 spiro atoms. The highest BCUT2D eigenvalue weighted by atomic mass is 32.1. The summed E-state index contributed by atoms with van der Waals surface area (Å²) < 4.78 is 5.45. The van der Waals surface area contributed by atoms with E-state index in [1.54, 1.807) is 11.3 Å². The Morgan fingerprint density at radius 2 is 2.44 bits per heavy atom. The van der Waals surface area contributed by atoms with Crippen LogP contribution in [0.15, 0.2) is 23.7 Å². The number of aromatic nitrogens is 1. The number of nitrogens with one attached hydrogen (secondary N) is 1. The van der Waals surface area contributed by atoms with Crippen LogP contribution in [0.25, 0.3) is 0 Å². The Hall–Kier alpha value is -1.39. The SMILES string of the molecule is Cc1ccsc1CNc1cnc2c(c1)COCC2. The molecule has 0 aliphatic carbocycles. The molecule has 1 N–H and O–H groups in total. The summed E-state index contributed by atoms with van der Waals surface area (Å²) in [6.45, 7) is 4.49. The van der Waals surface area contributed by atoms with Gasteiger partial charge in [0.15, 0.2) is 0 Å². The Morgan fingerprint density at radius 3 is 3.28 bits per heavy atom. The molecule has 0 unspecified atom stereocenters. The van der Waals surface area contributed by atoms with E-state index in [4.69, 9.17) is 4.74 Å². The van der Waals surface area contributed by atoms with Crippen LogP contribution in [0.3, 0.4) is 0 Å². The normalized spacial score (nSPS) is 14.3. The molecule has 1 aliphatic heterocycles. The van der Waals surface area contributed by atoms with Gasteiger partial charge in [0.1, 0.15) is 0 Å². The number of hydrogen-bond acceptors (Lipinski definition) is 4. The first kappa shape index (κ1) is 11.7. The summed E-state index contributed by atoms with van der Waals surface area (Å²) in [5.74, 6) is 0. The smallest absolute Gasteiger partial charge is 0.0735 e. The van der Waals surface area contributed by atoms with Crippen LogP contribution >= 0.6 is 11.3 Å². The fourth-order valence-corrected chi connectivity index (χ4v) is 2.95. The van der Waals surface area contributed by atoms with Crippen molar-refractivity contribution in [3.05, 3.63) is 45.4 Å². The molecule has 0 atom stereocenters. The fourth-order valence-electron chi connectivity index (χ4n) is 2.10. The predicted octanol–water partition coefficient (Wildman–Crippen LogP) is 3.14.